The van der Waals surface area contributed by atoms with Crippen LogP contribution in [0.4, 0.5) is 11.6 Å². The summed E-state index contributed by atoms with van der Waals surface area (Å²) in [7, 11) is 0. The number of hydrogen-bond donors (Lipinski definition) is 3. The second-order valence-electron chi connectivity index (χ2n) is 7.28. The SMILES string of the molecule is c1ccc(-c2nc(NCCc3c[nH]c4ccccc34)cc(NC3CC3)n2)cc1. The first-order valence-electron chi connectivity index (χ1n) is 9.85. The van der Waals surface area contributed by atoms with E-state index in [4.69, 9.17) is 9.97 Å². The van der Waals surface area contributed by atoms with Gasteiger partial charge >= 0.3 is 0 Å². The number of anilines is 2. The van der Waals surface area contributed by atoms with Crippen LogP contribution in [0.15, 0.2) is 66.9 Å². The maximum absolute atomic E-state index is 4.74. The fraction of sp³-hybridized carbons (Fsp3) is 0.217. The van der Waals surface area contributed by atoms with Crippen molar-refractivity contribution in [2.75, 3.05) is 17.2 Å². The molecule has 1 aliphatic carbocycles. The zero-order valence-corrected chi connectivity index (χ0v) is 15.7. The molecule has 1 aliphatic rings. The molecule has 5 rings (SSSR count). The number of aromatic nitrogens is 3. The second kappa shape index (κ2) is 7.35. The molecule has 0 amide bonds. The predicted octanol–water partition coefficient (Wildman–Crippen LogP) is 4.85. The predicted molar refractivity (Wildman–Crippen MR) is 115 cm³/mol. The van der Waals surface area contributed by atoms with E-state index >= 15 is 0 Å². The van der Waals surface area contributed by atoms with Gasteiger partial charge in [0.15, 0.2) is 5.82 Å². The first-order valence-corrected chi connectivity index (χ1v) is 9.85. The van der Waals surface area contributed by atoms with E-state index in [0.717, 1.165) is 36.0 Å². The van der Waals surface area contributed by atoms with E-state index in [1.54, 1.807) is 0 Å². The molecule has 0 saturated heterocycles. The number of aromatic amines is 1. The summed E-state index contributed by atoms with van der Waals surface area (Å²) in [5.74, 6) is 2.50. The average Bonchev–Trinajstić information content (AvgIpc) is 3.46. The van der Waals surface area contributed by atoms with Crippen molar-refractivity contribution in [1.82, 2.24) is 15.0 Å². The highest BCUT2D eigenvalue weighted by Gasteiger charge is 2.22. The lowest BCUT2D eigenvalue weighted by Crippen LogP contribution is -2.10. The quantitative estimate of drug-likeness (QED) is 0.435. The van der Waals surface area contributed by atoms with Gasteiger partial charge in [-0.1, -0.05) is 48.5 Å². The fourth-order valence-corrected chi connectivity index (χ4v) is 3.43. The second-order valence-corrected chi connectivity index (χ2v) is 7.28. The summed E-state index contributed by atoms with van der Waals surface area (Å²) in [6, 6.07) is 21.1. The summed E-state index contributed by atoms with van der Waals surface area (Å²) < 4.78 is 0. The molecule has 0 spiro atoms. The Morgan fingerprint density at radius 1 is 0.929 bits per heavy atom. The lowest BCUT2D eigenvalue weighted by molar-refractivity contribution is 1.00. The third-order valence-electron chi connectivity index (χ3n) is 5.06. The van der Waals surface area contributed by atoms with E-state index in [1.807, 2.05) is 36.4 Å². The molecule has 2 aromatic carbocycles. The number of benzene rings is 2. The smallest absolute Gasteiger partial charge is 0.163 e. The van der Waals surface area contributed by atoms with Crippen molar-refractivity contribution in [3.63, 3.8) is 0 Å². The van der Waals surface area contributed by atoms with Gasteiger partial charge in [0.25, 0.3) is 0 Å². The maximum atomic E-state index is 4.74. The van der Waals surface area contributed by atoms with E-state index in [9.17, 15) is 0 Å². The Morgan fingerprint density at radius 2 is 1.71 bits per heavy atom. The van der Waals surface area contributed by atoms with Crippen LogP contribution in [0.3, 0.4) is 0 Å². The van der Waals surface area contributed by atoms with Crippen LogP contribution in [0.25, 0.3) is 22.3 Å². The Balaban J connectivity index is 1.34. The van der Waals surface area contributed by atoms with Crippen molar-refractivity contribution < 1.29 is 0 Å². The highest BCUT2D eigenvalue weighted by atomic mass is 15.1. The largest absolute Gasteiger partial charge is 0.370 e. The van der Waals surface area contributed by atoms with Crippen molar-refractivity contribution in [1.29, 1.82) is 0 Å². The molecule has 2 heterocycles. The van der Waals surface area contributed by atoms with Crippen LogP contribution in [-0.4, -0.2) is 27.5 Å². The lowest BCUT2D eigenvalue weighted by atomic mass is 10.1. The summed E-state index contributed by atoms with van der Waals surface area (Å²) in [5, 5.41) is 8.27. The number of fused-ring (bicyclic) bond motifs is 1. The number of rotatable bonds is 7. The number of H-pyrrole nitrogens is 1. The Morgan fingerprint density at radius 3 is 2.57 bits per heavy atom. The summed E-state index contributed by atoms with van der Waals surface area (Å²) in [6.07, 6.45) is 5.46. The lowest BCUT2D eigenvalue weighted by Gasteiger charge is -2.11. The average molecular weight is 369 g/mol. The molecular formula is C23H23N5. The molecule has 0 radical (unpaired) electrons. The van der Waals surface area contributed by atoms with Gasteiger partial charge in [0.1, 0.15) is 11.6 Å². The van der Waals surface area contributed by atoms with Gasteiger partial charge in [0.2, 0.25) is 0 Å². The minimum Gasteiger partial charge on any atom is -0.370 e. The van der Waals surface area contributed by atoms with Crippen LogP contribution < -0.4 is 10.6 Å². The Kier molecular flexibility index (Phi) is 4.41. The third kappa shape index (κ3) is 3.69. The van der Waals surface area contributed by atoms with Crippen LogP contribution in [0.5, 0.6) is 0 Å². The molecule has 0 atom stereocenters. The highest BCUT2D eigenvalue weighted by molar-refractivity contribution is 5.83. The third-order valence-corrected chi connectivity index (χ3v) is 5.06. The van der Waals surface area contributed by atoms with Crippen LogP contribution in [-0.2, 0) is 6.42 Å². The highest BCUT2D eigenvalue weighted by Crippen LogP contribution is 2.26. The normalized spacial score (nSPS) is 13.6. The molecule has 5 heteroatoms. The van der Waals surface area contributed by atoms with E-state index in [-0.39, 0.29) is 0 Å². The van der Waals surface area contributed by atoms with Crippen LogP contribution in [0, 0.1) is 0 Å². The first kappa shape index (κ1) is 16.8. The van der Waals surface area contributed by atoms with Gasteiger partial charge in [-0.05, 0) is 30.9 Å². The van der Waals surface area contributed by atoms with Crippen LogP contribution in [0.2, 0.25) is 0 Å². The van der Waals surface area contributed by atoms with Gasteiger partial charge in [-0.25, -0.2) is 9.97 Å². The molecule has 1 saturated carbocycles. The molecule has 28 heavy (non-hydrogen) atoms. The van der Waals surface area contributed by atoms with Crippen molar-refractivity contribution in [2.24, 2.45) is 0 Å². The fourth-order valence-electron chi connectivity index (χ4n) is 3.43. The number of para-hydroxylation sites is 1. The number of hydrogen-bond acceptors (Lipinski definition) is 4. The minimum atomic E-state index is 0.553. The van der Waals surface area contributed by atoms with Gasteiger partial charge in [0.05, 0.1) is 0 Å². The van der Waals surface area contributed by atoms with Crippen molar-refractivity contribution in [3.8, 4) is 11.4 Å². The van der Waals surface area contributed by atoms with Crippen LogP contribution >= 0.6 is 0 Å². The van der Waals surface area contributed by atoms with Gasteiger partial charge in [-0.15, -0.1) is 0 Å². The number of nitrogens with one attached hydrogen (secondary N) is 3. The molecule has 3 N–H and O–H groups in total. The van der Waals surface area contributed by atoms with Gasteiger partial charge < -0.3 is 15.6 Å². The van der Waals surface area contributed by atoms with Crippen LogP contribution in [0.1, 0.15) is 18.4 Å². The Hall–Kier alpha value is -3.34. The van der Waals surface area contributed by atoms with Gasteiger partial charge in [0, 0.05) is 41.3 Å². The van der Waals surface area contributed by atoms with E-state index in [1.165, 1.54) is 29.3 Å². The molecule has 5 nitrogen and oxygen atoms in total. The molecular weight excluding hydrogens is 346 g/mol. The molecule has 1 fully saturated rings. The molecule has 0 bridgehead atoms. The summed E-state index contributed by atoms with van der Waals surface area (Å²) in [6.45, 7) is 0.815. The molecule has 0 aliphatic heterocycles. The minimum absolute atomic E-state index is 0.553. The number of nitrogens with zero attached hydrogens (tertiary/aromatic N) is 2. The zero-order chi connectivity index (χ0) is 18.8. The summed E-state index contributed by atoms with van der Waals surface area (Å²) in [5.41, 5.74) is 3.53. The zero-order valence-electron chi connectivity index (χ0n) is 15.7. The molecule has 0 unspecified atom stereocenters. The van der Waals surface area contributed by atoms with Gasteiger partial charge in [-0.2, -0.15) is 0 Å². The Bertz CT molecular complexity index is 1080. The molecule has 140 valence electrons. The van der Waals surface area contributed by atoms with E-state index < -0.39 is 0 Å². The van der Waals surface area contributed by atoms with Crippen molar-refractivity contribution >= 4 is 22.5 Å². The van der Waals surface area contributed by atoms with Crippen molar-refractivity contribution in [2.45, 2.75) is 25.3 Å². The van der Waals surface area contributed by atoms with E-state index in [0.29, 0.717) is 6.04 Å². The van der Waals surface area contributed by atoms with E-state index in [2.05, 4.69) is 46.1 Å². The topological polar surface area (TPSA) is 65.6 Å². The van der Waals surface area contributed by atoms with Crippen molar-refractivity contribution in [3.05, 3.63) is 72.4 Å². The summed E-state index contributed by atoms with van der Waals surface area (Å²) >= 11 is 0. The monoisotopic (exact) mass is 369 g/mol. The van der Waals surface area contributed by atoms with Gasteiger partial charge in [-0.3, -0.25) is 0 Å². The summed E-state index contributed by atoms with van der Waals surface area (Å²) in [4.78, 5) is 12.8. The Labute approximate surface area is 164 Å². The molecule has 4 aromatic rings. The maximum Gasteiger partial charge on any atom is 0.163 e. The first-order chi connectivity index (χ1) is 13.8. The molecule has 2 aromatic heterocycles. The standard InChI is InChI=1S/C23H23N5/c1-2-6-16(7-3-1)23-27-21(14-22(28-23)26-18-10-11-18)24-13-12-17-15-25-20-9-5-4-8-19(17)20/h1-9,14-15,18,25H,10-13H2,(H2,24,26,27,28).